The number of rotatable bonds is 7. The van der Waals surface area contributed by atoms with E-state index in [-0.39, 0.29) is 17.6 Å². The smallest absolute Gasteiger partial charge is 0.228 e. The Bertz CT molecular complexity index is 1370. The van der Waals surface area contributed by atoms with Crippen molar-refractivity contribution < 1.29 is 19.1 Å². The summed E-state index contributed by atoms with van der Waals surface area (Å²) in [6.45, 7) is 3.94. The molecule has 3 aromatic rings. The van der Waals surface area contributed by atoms with Gasteiger partial charge in [-0.05, 0) is 85.6 Å². The Morgan fingerprint density at radius 3 is 1.85 bits per heavy atom. The summed E-state index contributed by atoms with van der Waals surface area (Å²) in [5, 5.41) is 3.14. The van der Waals surface area contributed by atoms with Gasteiger partial charge in [0, 0.05) is 54.6 Å². The Kier molecular flexibility index (Phi) is 8.85. The van der Waals surface area contributed by atoms with E-state index in [1.165, 1.54) is 0 Å². The number of carbonyl (C=O) groups is 2. The molecule has 0 aromatic heterocycles. The number of piperazine rings is 1. The van der Waals surface area contributed by atoms with Crippen LogP contribution in [0.2, 0.25) is 0 Å². The molecule has 0 unspecified atom stereocenters. The van der Waals surface area contributed by atoms with E-state index in [1.807, 2.05) is 78.9 Å². The minimum absolute atomic E-state index is 0.0299. The molecular weight excluding hydrogens is 514 g/mol. The minimum Gasteiger partial charge on any atom is -0.497 e. The number of amides is 1. The first-order valence-electron chi connectivity index (χ1n) is 14.0. The molecule has 7 nitrogen and oxygen atoms in total. The molecule has 0 spiro atoms. The monoisotopic (exact) mass is 551 g/mol. The summed E-state index contributed by atoms with van der Waals surface area (Å²) < 4.78 is 10.5. The molecule has 2 aliphatic rings. The van der Waals surface area contributed by atoms with Gasteiger partial charge in [-0.15, -0.1) is 0 Å². The molecule has 1 saturated heterocycles. The van der Waals surface area contributed by atoms with Crippen LogP contribution in [0.1, 0.15) is 24.0 Å². The van der Waals surface area contributed by atoms with Crippen LogP contribution < -0.4 is 19.7 Å². The molecule has 41 heavy (non-hydrogen) atoms. The van der Waals surface area contributed by atoms with Crippen LogP contribution in [0.3, 0.4) is 0 Å². The second-order valence-corrected chi connectivity index (χ2v) is 10.6. The summed E-state index contributed by atoms with van der Waals surface area (Å²) in [6.07, 6.45) is 4.51. The summed E-state index contributed by atoms with van der Waals surface area (Å²) in [5.74, 6) is 0.998. The molecular formula is C34H37N3O4. The number of hydrogen-bond acceptors (Lipinski definition) is 6. The third kappa shape index (κ3) is 7.05. The van der Waals surface area contributed by atoms with E-state index in [1.54, 1.807) is 14.2 Å². The lowest BCUT2D eigenvalue weighted by Crippen LogP contribution is -2.44. The number of allylic oxidation sites excluding steroid dienone is 2. The van der Waals surface area contributed by atoms with Crippen molar-refractivity contribution in [1.82, 2.24) is 4.90 Å². The zero-order valence-electron chi connectivity index (χ0n) is 23.9. The van der Waals surface area contributed by atoms with Crippen molar-refractivity contribution in [3.8, 4) is 11.5 Å². The van der Waals surface area contributed by atoms with Crippen molar-refractivity contribution in [3.05, 3.63) is 95.1 Å². The molecule has 1 aliphatic carbocycles. The lowest BCUT2D eigenvalue weighted by atomic mass is 9.79. The SMILES string of the molecule is COc1ccc(/C=C2\CC(C(=O)Nc3cccc(N4CCN(C)CC4)c3)C/C(=C\c3ccc(OC)cc3)C2=O)cc1. The molecule has 1 N–H and O–H groups in total. The quantitative estimate of drug-likeness (QED) is 0.389. The lowest BCUT2D eigenvalue weighted by molar-refractivity contribution is -0.120. The summed E-state index contributed by atoms with van der Waals surface area (Å²) >= 11 is 0. The van der Waals surface area contributed by atoms with Crippen molar-refractivity contribution in [1.29, 1.82) is 0 Å². The van der Waals surface area contributed by atoms with Gasteiger partial charge in [-0.2, -0.15) is 0 Å². The first-order chi connectivity index (χ1) is 19.9. The number of nitrogens with zero attached hydrogens (tertiary/aromatic N) is 2. The molecule has 7 heteroatoms. The predicted octanol–water partition coefficient (Wildman–Crippen LogP) is 5.54. The topological polar surface area (TPSA) is 71.1 Å². The number of likely N-dealkylation sites (N-methyl/N-ethyl adjacent to an activating group) is 1. The maximum Gasteiger partial charge on any atom is 0.228 e. The van der Waals surface area contributed by atoms with Gasteiger partial charge in [0.1, 0.15) is 11.5 Å². The standard InChI is InChI=1S/C34H37N3O4/c1-36-15-17-37(18-16-36)30-6-4-5-29(23-30)35-34(39)28-21-26(19-24-7-11-31(40-2)12-8-24)33(38)27(22-28)20-25-9-13-32(41-3)14-10-25/h4-14,19-20,23,28H,15-18,21-22H2,1-3H3,(H,35,39)/b26-19+,27-20+. The molecule has 212 valence electrons. The molecule has 0 bridgehead atoms. The van der Waals surface area contributed by atoms with Crippen molar-refractivity contribution in [2.75, 3.05) is 57.7 Å². The maximum absolute atomic E-state index is 13.6. The van der Waals surface area contributed by atoms with Crippen molar-refractivity contribution in [2.24, 2.45) is 5.92 Å². The molecule has 0 atom stereocenters. The summed E-state index contributed by atoms with van der Waals surface area (Å²) in [7, 11) is 5.38. The summed E-state index contributed by atoms with van der Waals surface area (Å²) in [4.78, 5) is 31.9. The second kappa shape index (κ2) is 12.9. The van der Waals surface area contributed by atoms with Gasteiger partial charge in [0.2, 0.25) is 5.91 Å². The fourth-order valence-corrected chi connectivity index (χ4v) is 5.32. The Hall–Kier alpha value is -4.36. The average Bonchev–Trinajstić information content (AvgIpc) is 3.00. The number of hydrogen-bond donors (Lipinski definition) is 1. The largest absolute Gasteiger partial charge is 0.497 e. The van der Waals surface area contributed by atoms with Crippen LogP contribution in [-0.2, 0) is 9.59 Å². The van der Waals surface area contributed by atoms with Gasteiger partial charge in [0.05, 0.1) is 14.2 Å². The number of carbonyl (C=O) groups excluding carboxylic acids is 2. The van der Waals surface area contributed by atoms with Gasteiger partial charge in [-0.25, -0.2) is 0 Å². The van der Waals surface area contributed by atoms with E-state index in [9.17, 15) is 9.59 Å². The highest BCUT2D eigenvalue weighted by Crippen LogP contribution is 2.34. The molecule has 1 saturated carbocycles. The minimum atomic E-state index is -0.381. The Morgan fingerprint density at radius 1 is 0.805 bits per heavy atom. The number of Topliss-reactive ketones (excluding diaryl/α,β-unsaturated/α-hetero) is 1. The third-order valence-corrected chi connectivity index (χ3v) is 7.78. The molecule has 5 rings (SSSR count). The van der Waals surface area contributed by atoms with E-state index in [0.717, 1.165) is 60.2 Å². The third-order valence-electron chi connectivity index (χ3n) is 7.78. The first kappa shape index (κ1) is 28.2. The van der Waals surface area contributed by atoms with Crippen LogP contribution in [0, 0.1) is 5.92 Å². The zero-order valence-corrected chi connectivity index (χ0v) is 23.9. The number of nitrogens with one attached hydrogen (secondary N) is 1. The maximum atomic E-state index is 13.6. The van der Waals surface area contributed by atoms with Crippen LogP contribution in [0.15, 0.2) is 83.9 Å². The number of ether oxygens (including phenoxy) is 2. The van der Waals surface area contributed by atoms with Crippen molar-refractivity contribution >= 4 is 35.2 Å². The highest BCUT2D eigenvalue weighted by Gasteiger charge is 2.32. The second-order valence-electron chi connectivity index (χ2n) is 10.6. The van der Waals surface area contributed by atoms with E-state index < -0.39 is 0 Å². The molecule has 1 aliphatic heterocycles. The fraction of sp³-hybridized carbons (Fsp3) is 0.294. The summed E-state index contributed by atoms with van der Waals surface area (Å²) in [6, 6.07) is 23.2. The Balaban J connectivity index is 1.39. The van der Waals surface area contributed by atoms with Crippen LogP contribution >= 0.6 is 0 Å². The highest BCUT2D eigenvalue weighted by atomic mass is 16.5. The van der Waals surface area contributed by atoms with Crippen LogP contribution in [0.25, 0.3) is 12.2 Å². The van der Waals surface area contributed by atoms with Gasteiger partial charge < -0.3 is 24.6 Å². The molecule has 2 fully saturated rings. The lowest BCUT2D eigenvalue weighted by Gasteiger charge is -2.34. The van der Waals surface area contributed by atoms with Gasteiger partial charge >= 0.3 is 0 Å². The van der Waals surface area contributed by atoms with Crippen molar-refractivity contribution in [2.45, 2.75) is 12.8 Å². The zero-order chi connectivity index (χ0) is 28.8. The van der Waals surface area contributed by atoms with Crippen LogP contribution in [0.5, 0.6) is 11.5 Å². The van der Waals surface area contributed by atoms with Gasteiger partial charge in [-0.1, -0.05) is 30.3 Å². The van der Waals surface area contributed by atoms with Crippen molar-refractivity contribution in [3.63, 3.8) is 0 Å². The predicted molar refractivity (Wildman–Crippen MR) is 164 cm³/mol. The fourth-order valence-electron chi connectivity index (χ4n) is 5.32. The van der Waals surface area contributed by atoms with E-state index >= 15 is 0 Å². The Morgan fingerprint density at radius 2 is 1.34 bits per heavy atom. The van der Waals surface area contributed by atoms with Gasteiger partial charge in [0.15, 0.2) is 5.78 Å². The van der Waals surface area contributed by atoms with Gasteiger partial charge in [-0.3, -0.25) is 9.59 Å². The van der Waals surface area contributed by atoms with Crippen LogP contribution in [-0.4, -0.2) is 64.0 Å². The molecule has 1 amide bonds. The number of ketones is 1. The normalized spacial score (nSPS) is 19.8. The number of anilines is 2. The van der Waals surface area contributed by atoms with E-state index in [4.69, 9.17) is 9.47 Å². The average molecular weight is 552 g/mol. The van der Waals surface area contributed by atoms with Gasteiger partial charge in [0.25, 0.3) is 0 Å². The Labute approximate surface area is 242 Å². The number of benzene rings is 3. The number of methoxy groups -OCH3 is 2. The van der Waals surface area contributed by atoms with E-state index in [2.05, 4.69) is 28.2 Å². The highest BCUT2D eigenvalue weighted by molar-refractivity contribution is 6.15. The van der Waals surface area contributed by atoms with Crippen LogP contribution in [0.4, 0.5) is 11.4 Å². The molecule has 0 radical (unpaired) electrons. The van der Waals surface area contributed by atoms with E-state index in [0.29, 0.717) is 24.0 Å². The molecule has 3 aromatic carbocycles. The first-order valence-corrected chi connectivity index (χ1v) is 14.0. The summed E-state index contributed by atoms with van der Waals surface area (Å²) in [5.41, 5.74) is 4.89. The molecule has 1 heterocycles.